The van der Waals surface area contributed by atoms with Crippen LogP contribution < -0.4 is 4.90 Å². The molecule has 0 aromatic heterocycles. The van der Waals surface area contributed by atoms with Gasteiger partial charge in [-0.3, -0.25) is 9.59 Å². The Morgan fingerprint density at radius 2 is 1.69 bits per heavy atom. The number of imide groups is 1. The molecule has 0 atom stereocenters. The summed E-state index contributed by atoms with van der Waals surface area (Å²) in [6.07, 6.45) is 0. The van der Waals surface area contributed by atoms with E-state index in [0.29, 0.717) is 26.9 Å². The molecule has 0 saturated carbocycles. The number of hydrogen-bond acceptors (Lipinski definition) is 3. The Morgan fingerprint density at radius 3 is 2.35 bits per heavy atom. The third-order valence-electron chi connectivity index (χ3n) is 4.39. The Kier molecular flexibility index (Phi) is 5.26. The number of amides is 2. The van der Waals surface area contributed by atoms with Crippen molar-refractivity contribution in [1.82, 2.24) is 0 Å². The molecule has 0 aliphatic carbocycles. The van der Waals surface area contributed by atoms with Gasteiger partial charge in [-0.15, -0.1) is 11.8 Å². The molecule has 2 aromatic carbocycles. The van der Waals surface area contributed by atoms with Crippen molar-refractivity contribution in [3.63, 3.8) is 0 Å². The zero-order valence-corrected chi connectivity index (χ0v) is 16.8. The summed E-state index contributed by atoms with van der Waals surface area (Å²) in [6, 6.07) is 11.2. The minimum atomic E-state index is -0.289. The SMILES string of the molecule is CCSC1=C(c2ccc(C)cc2C)C(=O)N(c2cc(Cl)ccc2C)C1=O. The first-order valence-corrected chi connectivity index (χ1v) is 9.81. The fraction of sp³-hybridized carbons (Fsp3) is 0.238. The van der Waals surface area contributed by atoms with E-state index < -0.39 is 0 Å². The summed E-state index contributed by atoms with van der Waals surface area (Å²) in [5.74, 6) is 0.149. The summed E-state index contributed by atoms with van der Waals surface area (Å²) in [7, 11) is 0. The van der Waals surface area contributed by atoms with Gasteiger partial charge in [-0.05, 0) is 55.3 Å². The maximum atomic E-state index is 13.3. The van der Waals surface area contributed by atoms with E-state index in [0.717, 1.165) is 22.3 Å². The number of benzene rings is 2. The topological polar surface area (TPSA) is 37.4 Å². The Bertz CT molecular complexity index is 949. The number of anilines is 1. The van der Waals surface area contributed by atoms with Crippen molar-refractivity contribution in [3.8, 4) is 0 Å². The van der Waals surface area contributed by atoms with Gasteiger partial charge < -0.3 is 0 Å². The van der Waals surface area contributed by atoms with E-state index in [4.69, 9.17) is 11.6 Å². The normalized spacial score (nSPS) is 14.6. The summed E-state index contributed by atoms with van der Waals surface area (Å²) in [5, 5.41) is 0.496. The number of rotatable bonds is 4. The first kappa shape index (κ1) is 18.7. The van der Waals surface area contributed by atoms with E-state index in [1.165, 1.54) is 16.7 Å². The molecule has 3 rings (SSSR count). The highest BCUT2D eigenvalue weighted by atomic mass is 35.5. The molecule has 26 heavy (non-hydrogen) atoms. The summed E-state index contributed by atoms with van der Waals surface area (Å²) >= 11 is 7.53. The van der Waals surface area contributed by atoms with E-state index >= 15 is 0 Å². The number of nitrogens with zero attached hydrogens (tertiary/aromatic N) is 1. The molecule has 0 bridgehead atoms. The Labute approximate surface area is 163 Å². The summed E-state index contributed by atoms with van der Waals surface area (Å²) < 4.78 is 0. The van der Waals surface area contributed by atoms with Crippen molar-refractivity contribution in [2.45, 2.75) is 27.7 Å². The molecule has 5 heteroatoms. The standard InChI is InChI=1S/C21H20ClNO2S/c1-5-26-19-18(16-9-6-12(2)10-14(16)4)20(24)23(21(19)25)17-11-15(22)8-7-13(17)3/h6-11H,5H2,1-4H3. The van der Waals surface area contributed by atoms with Gasteiger partial charge in [-0.2, -0.15) is 0 Å². The molecule has 1 aliphatic rings. The molecule has 0 radical (unpaired) electrons. The number of carbonyl (C=O) groups excluding carboxylic acids is 2. The molecule has 0 unspecified atom stereocenters. The average molecular weight is 386 g/mol. The fourth-order valence-corrected chi connectivity index (χ4v) is 4.17. The highest BCUT2D eigenvalue weighted by Gasteiger charge is 2.41. The van der Waals surface area contributed by atoms with E-state index in [9.17, 15) is 9.59 Å². The van der Waals surface area contributed by atoms with Crippen LogP contribution >= 0.6 is 23.4 Å². The van der Waals surface area contributed by atoms with Gasteiger partial charge >= 0.3 is 0 Å². The largest absolute Gasteiger partial charge is 0.272 e. The maximum absolute atomic E-state index is 13.3. The number of thioether (sulfide) groups is 1. The Balaban J connectivity index is 2.17. The van der Waals surface area contributed by atoms with Crippen LogP contribution in [-0.4, -0.2) is 17.6 Å². The lowest BCUT2D eigenvalue weighted by Gasteiger charge is -2.18. The maximum Gasteiger partial charge on any atom is 0.272 e. The minimum Gasteiger partial charge on any atom is -0.268 e. The zero-order chi connectivity index (χ0) is 19.0. The third kappa shape index (κ3) is 3.19. The highest BCUT2D eigenvalue weighted by molar-refractivity contribution is 8.04. The summed E-state index contributed by atoms with van der Waals surface area (Å²) in [6.45, 7) is 7.82. The van der Waals surface area contributed by atoms with Crippen molar-refractivity contribution in [1.29, 1.82) is 0 Å². The fourth-order valence-electron chi connectivity index (χ4n) is 3.16. The molecule has 0 spiro atoms. The predicted molar refractivity (Wildman–Crippen MR) is 110 cm³/mol. The average Bonchev–Trinajstić information content (AvgIpc) is 2.82. The number of carbonyl (C=O) groups is 2. The number of halogens is 1. The van der Waals surface area contributed by atoms with Crippen LogP contribution in [0.1, 0.15) is 29.2 Å². The van der Waals surface area contributed by atoms with Crippen LogP contribution in [0.2, 0.25) is 5.02 Å². The minimum absolute atomic E-state index is 0.276. The second-order valence-corrected chi connectivity index (χ2v) is 8.04. The van der Waals surface area contributed by atoms with Gasteiger partial charge in [0.15, 0.2) is 0 Å². The molecule has 3 nitrogen and oxygen atoms in total. The molecule has 0 saturated heterocycles. The molecule has 134 valence electrons. The molecule has 0 N–H and O–H groups in total. The lowest BCUT2D eigenvalue weighted by molar-refractivity contribution is -0.119. The second-order valence-electron chi connectivity index (χ2n) is 6.33. The molecular formula is C21H20ClNO2S. The van der Waals surface area contributed by atoms with Crippen molar-refractivity contribution in [3.05, 3.63) is 68.6 Å². The smallest absolute Gasteiger partial charge is 0.268 e. The van der Waals surface area contributed by atoms with Crippen molar-refractivity contribution >= 4 is 46.4 Å². The van der Waals surface area contributed by atoms with Crippen LogP contribution in [0.4, 0.5) is 5.69 Å². The molecule has 2 amide bonds. The van der Waals surface area contributed by atoms with Gasteiger partial charge in [-0.25, -0.2) is 4.90 Å². The molecule has 0 fully saturated rings. The van der Waals surface area contributed by atoms with Crippen molar-refractivity contribution < 1.29 is 9.59 Å². The van der Waals surface area contributed by atoms with Crippen molar-refractivity contribution in [2.75, 3.05) is 10.7 Å². The van der Waals surface area contributed by atoms with E-state index in [-0.39, 0.29) is 11.8 Å². The van der Waals surface area contributed by atoms with Crippen LogP contribution in [0.5, 0.6) is 0 Å². The van der Waals surface area contributed by atoms with Crippen LogP contribution in [0.25, 0.3) is 5.57 Å². The molecule has 1 aliphatic heterocycles. The first-order valence-electron chi connectivity index (χ1n) is 8.44. The van der Waals surface area contributed by atoms with Crippen LogP contribution in [0, 0.1) is 20.8 Å². The quantitative estimate of drug-likeness (QED) is 0.670. The number of hydrogen-bond donors (Lipinski definition) is 0. The summed E-state index contributed by atoms with van der Waals surface area (Å²) in [4.78, 5) is 28.2. The van der Waals surface area contributed by atoms with E-state index in [2.05, 4.69) is 0 Å². The van der Waals surface area contributed by atoms with Gasteiger partial charge in [0, 0.05) is 5.02 Å². The Morgan fingerprint density at radius 1 is 0.962 bits per heavy atom. The zero-order valence-electron chi connectivity index (χ0n) is 15.2. The van der Waals surface area contributed by atoms with E-state index in [1.807, 2.05) is 52.0 Å². The highest BCUT2D eigenvalue weighted by Crippen LogP contribution is 2.40. The first-order chi connectivity index (χ1) is 12.3. The van der Waals surface area contributed by atoms with E-state index in [1.54, 1.807) is 12.1 Å². The van der Waals surface area contributed by atoms with Gasteiger partial charge in [0.05, 0.1) is 16.2 Å². The lowest BCUT2D eigenvalue weighted by Crippen LogP contribution is -2.32. The third-order valence-corrected chi connectivity index (χ3v) is 5.58. The number of aryl methyl sites for hydroxylation is 3. The lowest BCUT2D eigenvalue weighted by atomic mass is 9.98. The van der Waals surface area contributed by atoms with Gasteiger partial charge in [-0.1, -0.05) is 48.4 Å². The van der Waals surface area contributed by atoms with Crippen LogP contribution in [-0.2, 0) is 9.59 Å². The van der Waals surface area contributed by atoms with Gasteiger partial charge in [0.1, 0.15) is 0 Å². The summed E-state index contributed by atoms with van der Waals surface area (Å²) in [5.41, 5.74) is 4.78. The molecule has 1 heterocycles. The second kappa shape index (κ2) is 7.29. The molecular weight excluding hydrogens is 366 g/mol. The van der Waals surface area contributed by atoms with Crippen LogP contribution in [0.15, 0.2) is 41.3 Å². The monoisotopic (exact) mass is 385 g/mol. The Hall–Kier alpha value is -2.04. The van der Waals surface area contributed by atoms with Crippen LogP contribution in [0.3, 0.4) is 0 Å². The van der Waals surface area contributed by atoms with Gasteiger partial charge in [0.2, 0.25) is 0 Å². The van der Waals surface area contributed by atoms with Crippen molar-refractivity contribution in [2.24, 2.45) is 0 Å². The molecule has 2 aromatic rings. The van der Waals surface area contributed by atoms with Gasteiger partial charge in [0.25, 0.3) is 11.8 Å². The predicted octanol–water partition coefficient (Wildman–Crippen LogP) is 5.30.